The molecular weight excluding hydrogens is 230 g/mol. The molecule has 0 atom stereocenters. The number of ether oxygens (including phenoxy) is 1. The molecule has 0 aliphatic rings. The minimum atomic E-state index is -0.504. The van der Waals surface area contributed by atoms with Crippen molar-refractivity contribution in [3.8, 4) is 0 Å². The number of esters is 1. The number of unbranched alkanes of at least 4 members (excludes halogenated alkanes) is 2. The molecule has 5 nitrogen and oxygen atoms in total. The first-order valence-corrected chi connectivity index (χ1v) is 6.48. The fourth-order valence-corrected chi connectivity index (χ4v) is 1.60. The Kier molecular flexibility index (Phi) is 4.87. The zero-order valence-electron chi connectivity index (χ0n) is 12.0. The van der Waals surface area contributed by atoms with Crippen LogP contribution in [0.25, 0.3) is 0 Å². The van der Waals surface area contributed by atoms with Crippen molar-refractivity contribution in [1.82, 2.24) is 15.0 Å². The van der Waals surface area contributed by atoms with Crippen molar-refractivity contribution in [2.45, 2.75) is 66.0 Å². The minimum Gasteiger partial charge on any atom is -0.455 e. The minimum absolute atomic E-state index is 0.321. The number of rotatable bonds is 5. The maximum atomic E-state index is 11.9. The molecule has 18 heavy (non-hydrogen) atoms. The summed E-state index contributed by atoms with van der Waals surface area (Å²) in [5, 5.41) is 7.92. The molecule has 0 bridgehead atoms. The van der Waals surface area contributed by atoms with Crippen molar-refractivity contribution in [1.29, 1.82) is 0 Å². The van der Waals surface area contributed by atoms with E-state index in [0.29, 0.717) is 5.69 Å². The molecule has 0 unspecified atom stereocenters. The molecule has 0 aromatic carbocycles. The van der Waals surface area contributed by atoms with Gasteiger partial charge in [0.1, 0.15) is 5.60 Å². The van der Waals surface area contributed by atoms with Crippen LogP contribution in [0.1, 0.15) is 63.1 Å². The molecule has 1 aromatic heterocycles. The van der Waals surface area contributed by atoms with Gasteiger partial charge in [-0.25, -0.2) is 9.48 Å². The lowest BCUT2D eigenvalue weighted by atomic mass is 10.2. The van der Waals surface area contributed by atoms with Crippen molar-refractivity contribution < 1.29 is 9.53 Å². The average molecular weight is 253 g/mol. The number of nitrogens with zero attached hydrogens (tertiary/aromatic N) is 3. The smallest absolute Gasteiger partial charge is 0.361 e. The van der Waals surface area contributed by atoms with Crippen LogP contribution in [0.15, 0.2) is 0 Å². The van der Waals surface area contributed by atoms with Gasteiger partial charge < -0.3 is 4.74 Å². The molecule has 0 saturated heterocycles. The summed E-state index contributed by atoms with van der Waals surface area (Å²) in [5.74, 6) is -0.401. The number of carbonyl (C=O) groups excluding carboxylic acids is 1. The fraction of sp³-hybridized carbons (Fsp3) is 0.769. The standard InChI is InChI=1S/C13H23N3O2/c1-6-7-8-9-16-10(2)11(14-15-16)12(17)18-13(3,4)5/h6-9H2,1-5H3. The number of aryl methyl sites for hydroxylation is 1. The van der Waals surface area contributed by atoms with E-state index in [0.717, 1.165) is 31.5 Å². The molecule has 1 rings (SSSR count). The largest absolute Gasteiger partial charge is 0.455 e. The summed E-state index contributed by atoms with van der Waals surface area (Å²) in [7, 11) is 0. The molecule has 0 aliphatic carbocycles. The summed E-state index contributed by atoms with van der Waals surface area (Å²) in [6.07, 6.45) is 3.36. The molecule has 0 amide bonds. The monoisotopic (exact) mass is 253 g/mol. The van der Waals surface area contributed by atoms with Crippen LogP contribution in [0.5, 0.6) is 0 Å². The van der Waals surface area contributed by atoms with E-state index < -0.39 is 11.6 Å². The zero-order valence-corrected chi connectivity index (χ0v) is 12.0. The molecule has 0 fully saturated rings. The molecular formula is C13H23N3O2. The quantitative estimate of drug-likeness (QED) is 0.598. The van der Waals surface area contributed by atoms with Crippen molar-refractivity contribution in [3.05, 3.63) is 11.4 Å². The maximum absolute atomic E-state index is 11.9. The van der Waals surface area contributed by atoms with Gasteiger partial charge >= 0.3 is 5.97 Å². The molecule has 102 valence electrons. The second kappa shape index (κ2) is 5.98. The first kappa shape index (κ1) is 14.7. The second-order valence-corrected chi connectivity index (χ2v) is 5.46. The Morgan fingerprint density at radius 3 is 2.56 bits per heavy atom. The van der Waals surface area contributed by atoms with Crippen LogP contribution in [-0.2, 0) is 11.3 Å². The fourth-order valence-electron chi connectivity index (χ4n) is 1.60. The van der Waals surface area contributed by atoms with E-state index in [-0.39, 0.29) is 0 Å². The van der Waals surface area contributed by atoms with Crippen LogP contribution in [0.3, 0.4) is 0 Å². The summed E-state index contributed by atoms with van der Waals surface area (Å²) in [4.78, 5) is 11.9. The number of hydrogen-bond acceptors (Lipinski definition) is 4. The molecule has 5 heteroatoms. The van der Waals surface area contributed by atoms with E-state index in [1.807, 2.05) is 27.7 Å². The van der Waals surface area contributed by atoms with E-state index in [9.17, 15) is 4.79 Å². The van der Waals surface area contributed by atoms with E-state index in [2.05, 4.69) is 17.2 Å². The zero-order chi connectivity index (χ0) is 13.8. The summed E-state index contributed by atoms with van der Waals surface area (Å²) >= 11 is 0. The normalized spacial score (nSPS) is 11.6. The van der Waals surface area contributed by atoms with Crippen LogP contribution in [0.2, 0.25) is 0 Å². The average Bonchev–Trinajstić information content (AvgIpc) is 2.58. The highest BCUT2D eigenvalue weighted by Gasteiger charge is 2.23. The summed E-state index contributed by atoms with van der Waals surface area (Å²) in [6, 6.07) is 0. The SMILES string of the molecule is CCCCCn1nnc(C(=O)OC(C)(C)C)c1C. The van der Waals surface area contributed by atoms with Crippen LogP contribution >= 0.6 is 0 Å². The molecule has 0 N–H and O–H groups in total. The lowest BCUT2D eigenvalue weighted by Crippen LogP contribution is -2.24. The number of aromatic nitrogens is 3. The highest BCUT2D eigenvalue weighted by molar-refractivity contribution is 5.88. The number of carbonyl (C=O) groups is 1. The van der Waals surface area contributed by atoms with Crippen LogP contribution in [-0.4, -0.2) is 26.6 Å². The van der Waals surface area contributed by atoms with Gasteiger partial charge in [0.25, 0.3) is 0 Å². The second-order valence-electron chi connectivity index (χ2n) is 5.46. The van der Waals surface area contributed by atoms with Gasteiger partial charge in [-0.3, -0.25) is 0 Å². The van der Waals surface area contributed by atoms with E-state index in [4.69, 9.17) is 4.74 Å². The Bertz CT molecular complexity index is 405. The van der Waals surface area contributed by atoms with Gasteiger partial charge in [0, 0.05) is 6.54 Å². The molecule has 1 aromatic rings. The van der Waals surface area contributed by atoms with Crippen molar-refractivity contribution >= 4 is 5.97 Å². The van der Waals surface area contributed by atoms with Crippen LogP contribution in [0.4, 0.5) is 0 Å². The predicted octanol–water partition coefficient (Wildman–Crippen LogP) is 2.73. The molecule has 0 saturated carbocycles. The Hall–Kier alpha value is -1.39. The highest BCUT2D eigenvalue weighted by atomic mass is 16.6. The lowest BCUT2D eigenvalue weighted by molar-refractivity contribution is 0.00619. The van der Waals surface area contributed by atoms with Gasteiger partial charge in [0.2, 0.25) is 0 Å². The topological polar surface area (TPSA) is 57.0 Å². The Morgan fingerprint density at radius 2 is 2.00 bits per heavy atom. The molecule has 1 heterocycles. The first-order chi connectivity index (χ1) is 8.35. The third kappa shape index (κ3) is 4.13. The summed E-state index contributed by atoms with van der Waals surface area (Å²) in [6.45, 7) is 10.3. The van der Waals surface area contributed by atoms with Crippen LogP contribution in [0, 0.1) is 6.92 Å². The Morgan fingerprint density at radius 1 is 1.33 bits per heavy atom. The maximum Gasteiger partial charge on any atom is 0.361 e. The van der Waals surface area contributed by atoms with Crippen molar-refractivity contribution in [2.75, 3.05) is 0 Å². The lowest BCUT2D eigenvalue weighted by Gasteiger charge is -2.18. The predicted molar refractivity (Wildman–Crippen MR) is 69.5 cm³/mol. The Balaban J connectivity index is 2.71. The van der Waals surface area contributed by atoms with E-state index in [1.54, 1.807) is 4.68 Å². The third-order valence-corrected chi connectivity index (χ3v) is 2.55. The van der Waals surface area contributed by atoms with Gasteiger partial charge in [-0.2, -0.15) is 0 Å². The first-order valence-electron chi connectivity index (χ1n) is 6.48. The van der Waals surface area contributed by atoms with Crippen molar-refractivity contribution in [2.24, 2.45) is 0 Å². The Labute approximate surface area is 109 Å². The van der Waals surface area contributed by atoms with Gasteiger partial charge in [-0.1, -0.05) is 25.0 Å². The van der Waals surface area contributed by atoms with E-state index >= 15 is 0 Å². The highest BCUT2D eigenvalue weighted by Crippen LogP contribution is 2.13. The molecule has 0 radical (unpaired) electrons. The van der Waals surface area contributed by atoms with Crippen molar-refractivity contribution in [3.63, 3.8) is 0 Å². The molecule has 0 aliphatic heterocycles. The molecule has 0 spiro atoms. The third-order valence-electron chi connectivity index (χ3n) is 2.55. The van der Waals surface area contributed by atoms with Gasteiger partial charge in [0.15, 0.2) is 5.69 Å². The number of hydrogen-bond donors (Lipinski definition) is 0. The summed E-state index contributed by atoms with van der Waals surface area (Å²) < 4.78 is 7.06. The van der Waals surface area contributed by atoms with Crippen LogP contribution < -0.4 is 0 Å². The summed E-state index contributed by atoms with van der Waals surface area (Å²) in [5.41, 5.74) is 0.594. The van der Waals surface area contributed by atoms with Gasteiger partial charge in [-0.05, 0) is 34.1 Å². The van der Waals surface area contributed by atoms with E-state index in [1.165, 1.54) is 0 Å². The van der Waals surface area contributed by atoms with Gasteiger partial charge in [-0.15, -0.1) is 5.10 Å². The van der Waals surface area contributed by atoms with Gasteiger partial charge in [0.05, 0.1) is 5.69 Å².